The first-order valence-corrected chi connectivity index (χ1v) is 42.4. The highest BCUT2D eigenvalue weighted by molar-refractivity contribution is 5.77. The van der Waals surface area contributed by atoms with Crippen molar-refractivity contribution in [3.05, 3.63) is 0 Å². The minimum Gasteiger partial charge on any atom is -0.477 e. The first kappa shape index (κ1) is 95.9. The van der Waals surface area contributed by atoms with Gasteiger partial charge in [-0.15, -0.1) is 0 Å². The zero-order chi connectivity index (χ0) is 76.0. The molecule has 614 valence electrons. The summed E-state index contributed by atoms with van der Waals surface area (Å²) >= 11 is 0. The summed E-state index contributed by atoms with van der Waals surface area (Å²) in [6.45, 7) is 2.28. The zero-order valence-electron chi connectivity index (χ0n) is 65.2. The van der Waals surface area contributed by atoms with Crippen LogP contribution in [0.2, 0.25) is 0 Å². The van der Waals surface area contributed by atoms with Gasteiger partial charge in [0, 0.05) is 19.8 Å². The van der Waals surface area contributed by atoms with Gasteiger partial charge in [-0.25, -0.2) is 4.79 Å². The number of aliphatic hydroxyl groups excluding tert-OH is 11. The standard InChI is InChI=1S/C81H154N2O21/c1-4-6-8-10-12-14-16-18-20-22-24-26-28-29-30-31-33-35-37-39-41-43-45-47-49-51-53-55-68(91)83-62(63(88)54-52-50-48-46-44-42-40-38-36-34-32-27-25-23-21-19-17-15-13-11-9-7-5-2)60-99-78-73(95)72(94)75(67(59-86)101-78)102-79-74(96)77(71(93)66(58-85)100-79)104-81(80(97)98)56-64(89)69(82-61(3)87)76(103-81)70(92)65(90)57-84/h62-67,69-79,84-86,88-90,92-96H,4-60H2,1-3H3,(H,82,87)(H,83,91)(H,97,98). The fourth-order valence-corrected chi connectivity index (χ4v) is 15.1. The number of unbranched alkanes of at least 4 members (excludes halogenated alkanes) is 48. The van der Waals surface area contributed by atoms with Crippen LogP contribution in [0.5, 0.6) is 0 Å². The molecule has 3 heterocycles. The van der Waals surface area contributed by atoms with Crippen molar-refractivity contribution in [2.45, 2.75) is 471 Å². The normalized spacial score (nSPS) is 26.3. The lowest BCUT2D eigenvalue weighted by Crippen LogP contribution is -2.70. The molecular weight excluding hydrogens is 1340 g/mol. The second-order valence-corrected chi connectivity index (χ2v) is 31.1. The summed E-state index contributed by atoms with van der Waals surface area (Å²) in [5, 5.41) is 137. The van der Waals surface area contributed by atoms with Crippen LogP contribution in [0.25, 0.3) is 0 Å². The highest BCUT2D eigenvalue weighted by Crippen LogP contribution is 2.39. The molecule has 18 unspecified atom stereocenters. The number of carbonyl (C=O) groups excluding carboxylic acids is 2. The van der Waals surface area contributed by atoms with Gasteiger partial charge in [-0.1, -0.05) is 328 Å². The Morgan fingerprint density at radius 2 is 0.837 bits per heavy atom. The van der Waals surface area contributed by atoms with Crippen LogP contribution in [0.3, 0.4) is 0 Å². The number of hydrogen-bond donors (Lipinski definition) is 14. The number of carboxylic acids is 1. The Bertz CT molecular complexity index is 2070. The fraction of sp³-hybridized carbons (Fsp3) is 0.963. The van der Waals surface area contributed by atoms with Gasteiger partial charge in [-0.05, 0) is 12.8 Å². The largest absolute Gasteiger partial charge is 0.477 e. The third kappa shape index (κ3) is 40.1. The number of amides is 2. The van der Waals surface area contributed by atoms with Crippen molar-refractivity contribution in [2.24, 2.45) is 0 Å². The predicted molar refractivity (Wildman–Crippen MR) is 403 cm³/mol. The van der Waals surface area contributed by atoms with E-state index < -0.39 is 148 Å². The van der Waals surface area contributed by atoms with Crippen LogP contribution in [-0.2, 0) is 42.8 Å². The van der Waals surface area contributed by atoms with E-state index in [1.807, 2.05) is 0 Å². The Labute approximate surface area is 627 Å². The molecule has 0 aliphatic carbocycles. The molecule has 3 aliphatic rings. The molecular formula is C81H154N2O21. The topological polar surface area (TPSA) is 373 Å². The summed E-state index contributed by atoms with van der Waals surface area (Å²) < 4.78 is 35.0. The van der Waals surface area contributed by atoms with Crippen molar-refractivity contribution < 1.29 is 104 Å². The molecule has 0 spiro atoms. The van der Waals surface area contributed by atoms with Crippen LogP contribution in [0, 0.1) is 0 Å². The van der Waals surface area contributed by atoms with Gasteiger partial charge in [0.1, 0.15) is 67.1 Å². The van der Waals surface area contributed by atoms with E-state index in [0.717, 1.165) is 51.9 Å². The van der Waals surface area contributed by atoms with Crippen LogP contribution in [0.1, 0.15) is 361 Å². The number of aliphatic carboxylic acids is 1. The summed E-state index contributed by atoms with van der Waals surface area (Å²) in [5.74, 6) is -6.09. The van der Waals surface area contributed by atoms with Crippen LogP contribution in [-0.4, -0.2) is 215 Å². The molecule has 0 saturated carbocycles. The highest BCUT2D eigenvalue weighted by atomic mass is 16.8. The Morgan fingerprint density at radius 3 is 1.20 bits per heavy atom. The van der Waals surface area contributed by atoms with Crippen molar-refractivity contribution in [2.75, 3.05) is 26.4 Å². The molecule has 18 atom stereocenters. The predicted octanol–water partition coefficient (Wildman–Crippen LogP) is 12.0. The smallest absolute Gasteiger partial charge is 0.364 e. The van der Waals surface area contributed by atoms with Crippen molar-refractivity contribution in [1.29, 1.82) is 0 Å². The average molecular weight is 1490 g/mol. The van der Waals surface area contributed by atoms with Crippen LogP contribution in [0.4, 0.5) is 0 Å². The molecule has 0 aromatic carbocycles. The van der Waals surface area contributed by atoms with E-state index in [9.17, 15) is 75.7 Å². The third-order valence-electron chi connectivity index (χ3n) is 21.8. The first-order valence-electron chi connectivity index (χ1n) is 42.4. The number of carboxylic acid groups (broad SMARTS) is 1. The number of hydrogen-bond acceptors (Lipinski definition) is 20. The van der Waals surface area contributed by atoms with Gasteiger partial charge in [0.2, 0.25) is 11.8 Å². The van der Waals surface area contributed by atoms with Gasteiger partial charge in [0.15, 0.2) is 12.6 Å². The highest BCUT2D eigenvalue weighted by Gasteiger charge is 2.60. The summed E-state index contributed by atoms with van der Waals surface area (Å²) in [4.78, 5) is 38.8. The van der Waals surface area contributed by atoms with Crippen LogP contribution in [0.15, 0.2) is 0 Å². The summed E-state index contributed by atoms with van der Waals surface area (Å²) in [5.41, 5.74) is 0. The average Bonchev–Trinajstić information content (AvgIpc) is 0.754. The Kier molecular flexibility index (Phi) is 55.8. The monoisotopic (exact) mass is 1490 g/mol. The van der Waals surface area contributed by atoms with Crippen LogP contribution >= 0.6 is 0 Å². The number of aliphatic hydroxyl groups is 11. The van der Waals surface area contributed by atoms with Crippen LogP contribution < -0.4 is 10.6 Å². The van der Waals surface area contributed by atoms with Gasteiger partial charge < -0.3 is 100 Å². The molecule has 2 amide bonds. The molecule has 104 heavy (non-hydrogen) atoms. The van der Waals surface area contributed by atoms with Gasteiger partial charge >= 0.3 is 5.97 Å². The van der Waals surface area contributed by atoms with E-state index >= 15 is 0 Å². The summed E-state index contributed by atoms with van der Waals surface area (Å²) in [6.07, 6.45) is 35.2. The minimum absolute atomic E-state index is 0.230. The second kappa shape index (κ2) is 60.5. The van der Waals surface area contributed by atoms with E-state index in [0.29, 0.717) is 19.3 Å². The molecule has 0 radical (unpaired) electrons. The number of carbonyl (C=O) groups is 3. The molecule has 23 heteroatoms. The number of nitrogens with one attached hydrogen (secondary N) is 2. The van der Waals surface area contributed by atoms with E-state index in [2.05, 4.69) is 24.5 Å². The Morgan fingerprint density at radius 1 is 0.462 bits per heavy atom. The lowest BCUT2D eigenvalue weighted by Gasteiger charge is -2.50. The summed E-state index contributed by atoms with van der Waals surface area (Å²) in [7, 11) is 0. The van der Waals surface area contributed by atoms with Crippen molar-refractivity contribution in [3.63, 3.8) is 0 Å². The molecule has 3 aliphatic heterocycles. The van der Waals surface area contributed by atoms with Gasteiger partial charge in [0.05, 0.1) is 50.7 Å². The molecule has 23 nitrogen and oxygen atoms in total. The minimum atomic E-state index is -3.08. The van der Waals surface area contributed by atoms with Gasteiger partial charge in [0.25, 0.3) is 5.79 Å². The number of ether oxygens (including phenoxy) is 6. The quantitative estimate of drug-likeness (QED) is 0.0252. The van der Waals surface area contributed by atoms with E-state index in [-0.39, 0.29) is 18.9 Å². The lowest BCUT2D eigenvalue weighted by molar-refractivity contribution is -0.386. The Balaban J connectivity index is 1.49. The second-order valence-electron chi connectivity index (χ2n) is 31.1. The fourth-order valence-electron chi connectivity index (χ4n) is 15.1. The van der Waals surface area contributed by atoms with E-state index in [4.69, 9.17) is 28.4 Å². The third-order valence-corrected chi connectivity index (χ3v) is 21.8. The molecule has 0 aromatic rings. The zero-order valence-corrected chi connectivity index (χ0v) is 65.2. The van der Waals surface area contributed by atoms with E-state index in [1.54, 1.807) is 0 Å². The van der Waals surface area contributed by atoms with Gasteiger partial charge in [-0.3, -0.25) is 9.59 Å². The lowest BCUT2D eigenvalue weighted by atomic mass is 9.88. The Hall–Kier alpha value is -2.27. The molecule has 3 saturated heterocycles. The molecule has 3 rings (SSSR count). The van der Waals surface area contributed by atoms with E-state index in [1.165, 1.54) is 263 Å². The molecule has 0 bridgehead atoms. The van der Waals surface area contributed by atoms with Gasteiger partial charge in [-0.2, -0.15) is 0 Å². The van der Waals surface area contributed by atoms with Crippen molar-refractivity contribution >= 4 is 17.8 Å². The van der Waals surface area contributed by atoms with Crippen molar-refractivity contribution in [1.82, 2.24) is 10.6 Å². The SMILES string of the molecule is CCCCCCCCCCCCCCCCCCCCCCCCCCCCCC(=O)NC(COC1OC(CO)C(OC2OC(CO)C(O)C(OC3(C(=O)O)CC(O)C(NC(C)=O)C(C(O)C(O)CO)O3)C2O)C(O)C1O)C(O)CCCCCCCCCCCCCCCCCCCCCCCCC. The number of rotatable bonds is 68. The molecule has 3 fully saturated rings. The maximum absolute atomic E-state index is 13.6. The maximum atomic E-state index is 13.6. The maximum Gasteiger partial charge on any atom is 0.364 e. The molecule has 0 aromatic heterocycles. The first-order chi connectivity index (χ1) is 50.4. The van der Waals surface area contributed by atoms with Crippen molar-refractivity contribution in [3.8, 4) is 0 Å². The molecule has 14 N–H and O–H groups in total. The summed E-state index contributed by atoms with van der Waals surface area (Å²) in [6, 6.07) is -2.53.